The molecule has 1 atom stereocenters. The minimum atomic E-state index is -4.61. The molecule has 3 aromatic rings. The van der Waals surface area contributed by atoms with Crippen LogP contribution in [-0.4, -0.2) is 17.7 Å². The molecular formula is C21H20BrF3N2O2. The Labute approximate surface area is 175 Å². The lowest BCUT2D eigenvalue weighted by Gasteiger charge is -2.19. The maximum atomic E-state index is 13.8. The smallest absolute Gasteiger partial charge is 0.417 e. The third-order valence-corrected chi connectivity index (χ3v) is 4.78. The number of nitrogens with zero attached hydrogens (tertiary/aromatic N) is 1. The summed E-state index contributed by atoms with van der Waals surface area (Å²) in [5.74, 6) is -0.0427. The van der Waals surface area contributed by atoms with E-state index in [1.165, 1.54) is 6.07 Å². The number of alkyl halides is 3. The topological polar surface area (TPSA) is 57.4 Å². The van der Waals surface area contributed by atoms with Crippen molar-refractivity contribution in [3.8, 4) is 11.6 Å². The molecule has 0 saturated carbocycles. The Bertz CT molecular complexity index is 995. The zero-order chi connectivity index (χ0) is 21.2. The van der Waals surface area contributed by atoms with Gasteiger partial charge in [0.05, 0.1) is 33.1 Å². The summed E-state index contributed by atoms with van der Waals surface area (Å²) in [6.07, 6.45) is -4.92. The number of hydrogen-bond donors (Lipinski definition) is 1. The van der Waals surface area contributed by atoms with Crippen LogP contribution in [0.15, 0.2) is 53.0 Å². The second-order valence-corrected chi connectivity index (χ2v) is 7.63. The lowest BCUT2D eigenvalue weighted by Crippen LogP contribution is -2.19. The number of benzene rings is 2. The minimum absolute atomic E-state index is 0.00324. The molecule has 2 aromatic carbocycles. The van der Waals surface area contributed by atoms with E-state index in [1.807, 2.05) is 30.3 Å². The zero-order valence-electron chi connectivity index (χ0n) is 15.8. The van der Waals surface area contributed by atoms with Gasteiger partial charge in [-0.1, -0.05) is 30.3 Å². The van der Waals surface area contributed by atoms with Crippen LogP contribution in [0.25, 0.3) is 10.9 Å². The minimum Gasteiger partial charge on any atom is -0.490 e. The number of hydrogen-bond acceptors (Lipinski definition) is 4. The fourth-order valence-corrected chi connectivity index (χ4v) is 3.33. The van der Waals surface area contributed by atoms with E-state index in [1.54, 1.807) is 19.9 Å². The number of pyridine rings is 1. The Kier molecular flexibility index (Phi) is 6.33. The first kappa shape index (κ1) is 21.4. The van der Waals surface area contributed by atoms with Crippen LogP contribution in [0, 0.1) is 0 Å². The summed E-state index contributed by atoms with van der Waals surface area (Å²) < 4.78 is 53.1. The average Bonchev–Trinajstić information content (AvgIpc) is 2.66. The number of ether oxygens (including phenoxy) is 2. The number of aromatic nitrogens is 1. The quantitative estimate of drug-likeness (QED) is 0.490. The first-order valence-electron chi connectivity index (χ1n) is 8.97. The van der Waals surface area contributed by atoms with Crippen LogP contribution < -0.4 is 15.2 Å². The Morgan fingerprint density at radius 3 is 2.41 bits per heavy atom. The Balaban J connectivity index is 2.05. The van der Waals surface area contributed by atoms with E-state index in [2.05, 4.69) is 20.9 Å². The molecule has 0 spiro atoms. The molecule has 4 nitrogen and oxygen atoms in total. The van der Waals surface area contributed by atoms with Gasteiger partial charge in [-0.05, 0) is 47.5 Å². The molecule has 3 rings (SSSR count). The maximum Gasteiger partial charge on any atom is 0.417 e. The van der Waals surface area contributed by atoms with Crippen LogP contribution >= 0.6 is 15.9 Å². The molecule has 0 saturated heterocycles. The van der Waals surface area contributed by atoms with Gasteiger partial charge in [-0.3, -0.25) is 0 Å². The predicted molar refractivity (Wildman–Crippen MR) is 109 cm³/mol. The van der Waals surface area contributed by atoms with Crippen molar-refractivity contribution in [1.29, 1.82) is 0 Å². The van der Waals surface area contributed by atoms with Crippen molar-refractivity contribution in [2.24, 2.45) is 5.73 Å². The molecule has 2 N–H and O–H groups in total. The standard InChI is InChI=1S/C21H20BrF3N2O2/c1-12(2)29-18-10-14(21(23,24)25)19-17(27-18)9-8-15(22)20(19)28-11-16(26)13-6-4-3-5-7-13/h3-10,12,16H,11,26H2,1-2H3/t16-/m0/s1. The number of fused-ring (bicyclic) bond motifs is 1. The van der Waals surface area contributed by atoms with E-state index in [-0.39, 0.29) is 35.2 Å². The van der Waals surface area contributed by atoms with Crippen molar-refractivity contribution >= 4 is 26.8 Å². The summed E-state index contributed by atoms with van der Waals surface area (Å²) in [6.45, 7) is 3.45. The van der Waals surface area contributed by atoms with Gasteiger partial charge in [0.2, 0.25) is 5.88 Å². The van der Waals surface area contributed by atoms with E-state index >= 15 is 0 Å². The van der Waals surface area contributed by atoms with Gasteiger partial charge in [0.1, 0.15) is 12.4 Å². The highest BCUT2D eigenvalue weighted by Gasteiger charge is 2.36. The molecule has 8 heteroatoms. The van der Waals surface area contributed by atoms with Crippen molar-refractivity contribution in [3.63, 3.8) is 0 Å². The average molecular weight is 469 g/mol. The fourth-order valence-electron chi connectivity index (χ4n) is 2.88. The normalized spacial score (nSPS) is 13.0. The molecule has 29 heavy (non-hydrogen) atoms. The van der Waals surface area contributed by atoms with E-state index in [4.69, 9.17) is 15.2 Å². The van der Waals surface area contributed by atoms with Crippen molar-refractivity contribution < 1.29 is 22.6 Å². The molecule has 0 unspecified atom stereocenters. The largest absolute Gasteiger partial charge is 0.490 e. The van der Waals surface area contributed by atoms with Gasteiger partial charge in [-0.15, -0.1) is 0 Å². The van der Waals surface area contributed by atoms with Crippen molar-refractivity contribution in [1.82, 2.24) is 4.98 Å². The molecule has 154 valence electrons. The molecule has 0 aliphatic rings. The van der Waals surface area contributed by atoms with Crippen LogP contribution in [0.1, 0.15) is 31.0 Å². The molecule has 0 amide bonds. The number of halogens is 4. The first-order chi connectivity index (χ1) is 13.7. The van der Waals surface area contributed by atoms with Crippen LogP contribution in [-0.2, 0) is 6.18 Å². The van der Waals surface area contributed by atoms with Crippen LogP contribution in [0.4, 0.5) is 13.2 Å². The first-order valence-corrected chi connectivity index (χ1v) is 9.76. The van der Waals surface area contributed by atoms with Gasteiger partial charge in [0.25, 0.3) is 0 Å². The summed E-state index contributed by atoms with van der Waals surface area (Å²) in [7, 11) is 0. The fraction of sp³-hybridized carbons (Fsp3) is 0.286. The third kappa shape index (κ3) is 5.00. The van der Waals surface area contributed by atoms with Crippen molar-refractivity contribution in [2.75, 3.05) is 6.61 Å². The second-order valence-electron chi connectivity index (χ2n) is 6.77. The highest BCUT2D eigenvalue weighted by atomic mass is 79.9. The van der Waals surface area contributed by atoms with Crippen molar-refractivity contribution in [3.05, 3.63) is 64.1 Å². The summed E-state index contributed by atoms with van der Waals surface area (Å²) in [4.78, 5) is 4.22. The van der Waals surface area contributed by atoms with Gasteiger partial charge in [-0.25, -0.2) is 4.98 Å². The Hall–Kier alpha value is -2.32. The summed E-state index contributed by atoms with van der Waals surface area (Å²) in [5.41, 5.74) is 6.22. The van der Waals surface area contributed by atoms with E-state index in [0.29, 0.717) is 4.47 Å². The van der Waals surface area contributed by atoms with Gasteiger partial charge in [0, 0.05) is 6.07 Å². The monoisotopic (exact) mass is 468 g/mol. The summed E-state index contributed by atoms with van der Waals surface area (Å²) in [5, 5.41) is -0.136. The van der Waals surface area contributed by atoms with Gasteiger partial charge < -0.3 is 15.2 Å². The predicted octanol–water partition coefficient (Wildman–Crippen LogP) is 5.88. The number of rotatable bonds is 6. The van der Waals surface area contributed by atoms with Crippen LogP contribution in [0.2, 0.25) is 0 Å². The highest BCUT2D eigenvalue weighted by Crippen LogP contribution is 2.43. The summed E-state index contributed by atoms with van der Waals surface area (Å²) in [6, 6.07) is 12.7. The van der Waals surface area contributed by atoms with Gasteiger partial charge in [-0.2, -0.15) is 13.2 Å². The van der Waals surface area contributed by atoms with E-state index in [0.717, 1.165) is 11.6 Å². The highest BCUT2D eigenvalue weighted by molar-refractivity contribution is 9.10. The molecule has 1 heterocycles. The van der Waals surface area contributed by atoms with Crippen molar-refractivity contribution in [2.45, 2.75) is 32.2 Å². The number of nitrogens with two attached hydrogens (primary N) is 1. The summed E-state index contributed by atoms with van der Waals surface area (Å²) >= 11 is 3.29. The zero-order valence-corrected chi connectivity index (χ0v) is 17.4. The Morgan fingerprint density at radius 1 is 1.10 bits per heavy atom. The van der Waals surface area contributed by atoms with Crippen LogP contribution in [0.5, 0.6) is 11.6 Å². The molecule has 0 bridgehead atoms. The third-order valence-electron chi connectivity index (χ3n) is 4.15. The lowest BCUT2D eigenvalue weighted by molar-refractivity contribution is -0.136. The van der Waals surface area contributed by atoms with E-state index in [9.17, 15) is 13.2 Å². The lowest BCUT2D eigenvalue weighted by atomic mass is 10.1. The van der Waals surface area contributed by atoms with Gasteiger partial charge >= 0.3 is 6.18 Å². The molecular weight excluding hydrogens is 449 g/mol. The maximum absolute atomic E-state index is 13.8. The van der Waals surface area contributed by atoms with E-state index < -0.39 is 17.8 Å². The second kappa shape index (κ2) is 8.59. The Morgan fingerprint density at radius 2 is 1.79 bits per heavy atom. The molecule has 0 aliphatic carbocycles. The molecule has 1 aromatic heterocycles. The SMILES string of the molecule is CC(C)Oc1cc(C(F)(F)F)c2c(OC[C@H](N)c3ccccc3)c(Br)ccc2n1. The van der Waals surface area contributed by atoms with Crippen LogP contribution in [0.3, 0.4) is 0 Å². The van der Waals surface area contributed by atoms with Gasteiger partial charge in [0.15, 0.2) is 0 Å². The molecule has 0 fully saturated rings. The molecule has 0 aliphatic heterocycles. The molecule has 0 radical (unpaired) electrons.